The molecule has 1 aromatic rings. The normalized spacial score (nSPS) is 19.2. The Bertz CT molecular complexity index is 1080. The molecule has 0 unspecified atom stereocenters. The predicted octanol–water partition coefficient (Wildman–Crippen LogP) is 7.49. The van der Waals surface area contributed by atoms with Gasteiger partial charge in [0.25, 0.3) is 5.56 Å². The van der Waals surface area contributed by atoms with Gasteiger partial charge in [-0.15, -0.1) is 0 Å². The van der Waals surface area contributed by atoms with Crippen molar-refractivity contribution < 1.29 is 23.8 Å². The van der Waals surface area contributed by atoms with Gasteiger partial charge < -0.3 is 24.8 Å². The van der Waals surface area contributed by atoms with Crippen molar-refractivity contribution in [3.05, 3.63) is 33.1 Å². The molecule has 0 bridgehead atoms. The molecule has 2 amide bonds. The summed E-state index contributed by atoms with van der Waals surface area (Å²) in [7, 11) is 0. The first-order chi connectivity index (χ1) is 22.4. The molecule has 11 heteroatoms. The van der Waals surface area contributed by atoms with E-state index in [0.717, 1.165) is 43.1 Å². The maximum Gasteiger partial charge on any atom is 0.407 e. The summed E-state index contributed by atoms with van der Waals surface area (Å²) in [4.78, 5) is 51.9. The summed E-state index contributed by atoms with van der Waals surface area (Å²) in [5, 5.41) is 5.57. The molecule has 1 fully saturated rings. The topological polar surface area (TPSA) is 141 Å². The molecular weight excluding hydrogens is 588 g/mol. The first-order valence-corrected chi connectivity index (χ1v) is 18.2. The predicted molar refractivity (Wildman–Crippen MR) is 181 cm³/mol. The number of hydrogen-bond acceptors (Lipinski definition) is 7. The van der Waals surface area contributed by atoms with Gasteiger partial charge in [0.1, 0.15) is 0 Å². The maximum absolute atomic E-state index is 12.8. The van der Waals surface area contributed by atoms with E-state index < -0.39 is 48.0 Å². The van der Waals surface area contributed by atoms with E-state index in [2.05, 4.69) is 29.5 Å². The summed E-state index contributed by atoms with van der Waals surface area (Å²) in [5.41, 5.74) is -1.27. The van der Waals surface area contributed by atoms with Crippen LogP contribution >= 0.6 is 0 Å². The van der Waals surface area contributed by atoms with E-state index in [-0.39, 0.29) is 0 Å². The lowest BCUT2D eigenvalue weighted by Crippen LogP contribution is -2.44. The minimum absolute atomic E-state index is 0.451. The number of aromatic amines is 1. The second kappa shape index (κ2) is 24.4. The molecular formula is C35H62N4O7. The second-order valence-corrected chi connectivity index (χ2v) is 12.7. The highest BCUT2D eigenvalue weighted by Gasteiger charge is 2.49. The molecule has 264 valence electrons. The van der Waals surface area contributed by atoms with Gasteiger partial charge in [-0.25, -0.2) is 14.4 Å². The number of ether oxygens (including phenoxy) is 3. The number of carbonyl (C=O) groups is 2. The molecule has 0 saturated carbocycles. The largest absolute Gasteiger partial charge is 0.439 e. The van der Waals surface area contributed by atoms with Crippen molar-refractivity contribution in [1.29, 1.82) is 0 Å². The smallest absolute Gasteiger partial charge is 0.407 e. The number of aromatic nitrogens is 2. The fourth-order valence-corrected chi connectivity index (χ4v) is 5.88. The van der Waals surface area contributed by atoms with Gasteiger partial charge in [-0.05, 0) is 19.8 Å². The summed E-state index contributed by atoms with van der Waals surface area (Å²) < 4.78 is 18.5. The lowest BCUT2D eigenvalue weighted by atomic mass is 10.1. The zero-order chi connectivity index (χ0) is 33.4. The zero-order valence-corrected chi connectivity index (χ0v) is 28.8. The van der Waals surface area contributed by atoms with E-state index >= 15 is 0 Å². The third-order valence-corrected chi connectivity index (χ3v) is 8.63. The van der Waals surface area contributed by atoms with Crippen LogP contribution in [-0.4, -0.2) is 53.1 Å². The van der Waals surface area contributed by atoms with Gasteiger partial charge in [0.2, 0.25) is 0 Å². The molecule has 0 spiro atoms. The zero-order valence-electron chi connectivity index (χ0n) is 28.8. The number of H-pyrrole nitrogens is 1. The number of alkyl carbamates (subject to hydrolysis) is 2. The van der Waals surface area contributed by atoms with Crippen molar-refractivity contribution in [3.63, 3.8) is 0 Å². The third-order valence-electron chi connectivity index (χ3n) is 8.63. The van der Waals surface area contributed by atoms with Crippen LogP contribution in [0.1, 0.15) is 155 Å². The van der Waals surface area contributed by atoms with Crippen LogP contribution in [0.5, 0.6) is 0 Å². The van der Waals surface area contributed by atoms with Gasteiger partial charge in [-0.1, -0.05) is 129 Å². The van der Waals surface area contributed by atoms with Crippen LogP contribution in [0.15, 0.2) is 21.9 Å². The van der Waals surface area contributed by atoms with Crippen molar-refractivity contribution >= 4 is 12.2 Å². The minimum Gasteiger partial charge on any atom is -0.439 e. The molecule has 0 aliphatic carbocycles. The summed E-state index contributed by atoms with van der Waals surface area (Å²) in [6, 6.07) is 1.19. The Morgan fingerprint density at radius 1 is 0.696 bits per heavy atom. The Hall–Kier alpha value is -2.82. The molecule has 0 radical (unpaired) electrons. The van der Waals surface area contributed by atoms with E-state index in [9.17, 15) is 19.2 Å². The van der Waals surface area contributed by atoms with E-state index in [1.165, 1.54) is 102 Å². The Balaban J connectivity index is 1.80. The van der Waals surface area contributed by atoms with Crippen LogP contribution in [0.4, 0.5) is 9.59 Å². The fraction of sp³-hybridized carbons (Fsp3) is 0.829. The van der Waals surface area contributed by atoms with Gasteiger partial charge in [-0.3, -0.25) is 14.3 Å². The van der Waals surface area contributed by atoms with E-state index in [4.69, 9.17) is 14.2 Å². The number of hydrogen-bond donors (Lipinski definition) is 3. The van der Waals surface area contributed by atoms with Crippen molar-refractivity contribution in [1.82, 2.24) is 20.2 Å². The van der Waals surface area contributed by atoms with Crippen LogP contribution in [0.3, 0.4) is 0 Å². The van der Waals surface area contributed by atoms with Crippen molar-refractivity contribution in [3.8, 4) is 0 Å². The monoisotopic (exact) mass is 650 g/mol. The first kappa shape index (κ1) is 39.4. The average molecular weight is 651 g/mol. The van der Waals surface area contributed by atoms with Gasteiger partial charge >= 0.3 is 17.9 Å². The molecule has 1 aliphatic heterocycles. The highest BCUT2D eigenvalue weighted by Crippen LogP contribution is 2.33. The molecule has 1 aliphatic rings. The van der Waals surface area contributed by atoms with E-state index in [1.54, 1.807) is 6.92 Å². The average Bonchev–Trinajstić information content (AvgIpc) is 3.32. The van der Waals surface area contributed by atoms with Crippen LogP contribution in [0.2, 0.25) is 0 Å². The lowest BCUT2D eigenvalue weighted by molar-refractivity contribution is -0.0411. The Labute approximate surface area is 275 Å². The summed E-state index contributed by atoms with van der Waals surface area (Å²) in [6.07, 6.45) is 20.0. The van der Waals surface area contributed by atoms with Crippen molar-refractivity contribution in [2.75, 3.05) is 13.1 Å². The number of unbranched alkanes of at least 4 members (excludes halogenated alkanes) is 18. The number of nitrogens with one attached hydrogen (secondary N) is 3. The Morgan fingerprint density at radius 3 is 1.54 bits per heavy atom. The molecule has 3 N–H and O–H groups in total. The second-order valence-electron chi connectivity index (χ2n) is 12.7. The van der Waals surface area contributed by atoms with Gasteiger partial charge in [0.15, 0.2) is 18.4 Å². The molecule has 2 rings (SSSR count). The molecule has 2 heterocycles. The lowest BCUT2D eigenvalue weighted by Gasteiger charge is -2.24. The first-order valence-electron chi connectivity index (χ1n) is 18.2. The molecule has 0 aromatic carbocycles. The van der Waals surface area contributed by atoms with Gasteiger partial charge in [-0.2, -0.15) is 0 Å². The SMILES string of the molecule is CCCCCCCCCCCCNC(=O)O[C@@H]1[C@H](OC(=O)NCCCCCCCCCCCC)[C@@H](C)O[C@H]1n1ccc(=O)[nH]c1=O. The molecule has 46 heavy (non-hydrogen) atoms. The number of amides is 2. The van der Waals surface area contributed by atoms with Crippen LogP contribution in [0.25, 0.3) is 0 Å². The van der Waals surface area contributed by atoms with Crippen molar-refractivity contribution in [2.24, 2.45) is 0 Å². The minimum atomic E-state index is -1.10. The highest BCUT2D eigenvalue weighted by atomic mass is 16.7. The third kappa shape index (κ3) is 16.1. The maximum atomic E-state index is 12.8. The van der Waals surface area contributed by atoms with Crippen LogP contribution in [0, 0.1) is 0 Å². The van der Waals surface area contributed by atoms with Gasteiger partial charge in [0, 0.05) is 25.4 Å². The van der Waals surface area contributed by atoms with Crippen LogP contribution < -0.4 is 21.9 Å². The number of rotatable bonds is 25. The summed E-state index contributed by atoms with van der Waals surface area (Å²) in [6.45, 7) is 7.07. The van der Waals surface area contributed by atoms with Crippen LogP contribution in [-0.2, 0) is 14.2 Å². The van der Waals surface area contributed by atoms with Gasteiger partial charge in [0.05, 0.1) is 6.10 Å². The van der Waals surface area contributed by atoms with E-state index in [1.807, 2.05) is 0 Å². The van der Waals surface area contributed by atoms with E-state index in [0.29, 0.717) is 13.1 Å². The fourth-order valence-electron chi connectivity index (χ4n) is 5.88. The molecule has 1 saturated heterocycles. The Morgan fingerprint density at radius 2 is 1.11 bits per heavy atom. The quantitative estimate of drug-likeness (QED) is 0.0932. The van der Waals surface area contributed by atoms with Crippen molar-refractivity contribution in [2.45, 2.75) is 174 Å². The summed E-state index contributed by atoms with van der Waals surface area (Å²) in [5.74, 6) is 0. The summed E-state index contributed by atoms with van der Waals surface area (Å²) >= 11 is 0. The molecule has 4 atom stereocenters. The molecule has 11 nitrogen and oxygen atoms in total. The standard InChI is InChI=1S/C35H62N4O7/c1-4-6-8-10-12-14-16-18-20-22-25-36-34(42)45-30-28(3)44-32(39-27-24-29(40)38-33(39)41)31(30)46-35(43)37-26-23-21-19-17-15-13-11-9-7-5-2/h24,27-28,30-32H,4-23,25-26H2,1-3H3,(H,36,42)(H,37,43)(H,38,40,41)/t28-,30-,31-,32-/m1/s1. The highest BCUT2D eigenvalue weighted by molar-refractivity contribution is 5.68. The Kier molecular flexibility index (Phi) is 20.8. The number of carbonyl (C=O) groups excluding carboxylic acids is 2. The molecule has 1 aromatic heterocycles. The number of nitrogens with zero attached hydrogens (tertiary/aromatic N) is 1.